The Bertz CT molecular complexity index is 554. The van der Waals surface area contributed by atoms with Crippen LogP contribution in [-0.2, 0) is 10.0 Å². The first kappa shape index (κ1) is 13.5. The lowest BCUT2D eigenvalue weighted by molar-refractivity contribution is 0.393. The van der Waals surface area contributed by atoms with E-state index in [0.717, 1.165) is 17.5 Å². The number of rotatable bonds is 2. The number of nitrogens with two attached hydrogens (primary N) is 1. The Morgan fingerprint density at radius 3 is 2.56 bits per heavy atom. The quantitative estimate of drug-likeness (QED) is 0.882. The van der Waals surface area contributed by atoms with Crippen molar-refractivity contribution in [3.05, 3.63) is 29.3 Å². The molecular weight excluding hydrogens is 248 g/mol. The first-order valence-corrected chi connectivity index (χ1v) is 7.62. The van der Waals surface area contributed by atoms with E-state index in [1.165, 1.54) is 4.31 Å². The van der Waals surface area contributed by atoms with Crippen molar-refractivity contribution in [2.75, 3.05) is 6.54 Å². The Morgan fingerprint density at radius 1 is 1.33 bits per heavy atom. The van der Waals surface area contributed by atoms with Crippen LogP contribution in [0.2, 0.25) is 0 Å². The summed E-state index contributed by atoms with van der Waals surface area (Å²) in [4.78, 5) is 0.406. The van der Waals surface area contributed by atoms with Crippen LogP contribution in [0.3, 0.4) is 0 Å². The maximum atomic E-state index is 12.6. The minimum atomic E-state index is -3.42. The molecule has 5 heteroatoms. The predicted molar refractivity (Wildman–Crippen MR) is 71.9 cm³/mol. The highest BCUT2D eigenvalue weighted by Gasteiger charge is 2.37. The van der Waals surface area contributed by atoms with Crippen molar-refractivity contribution in [3.8, 4) is 0 Å². The van der Waals surface area contributed by atoms with E-state index in [4.69, 9.17) is 5.73 Å². The number of benzene rings is 1. The molecular formula is C13H20N2O2S. The molecule has 0 amide bonds. The Kier molecular flexibility index (Phi) is 3.49. The number of aryl methyl sites for hydroxylation is 2. The van der Waals surface area contributed by atoms with Crippen LogP contribution in [0.15, 0.2) is 23.1 Å². The second kappa shape index (κ2) is 4.64. The minimum absolute atomic E-state index is 0.0649. The highest BCUT2D eigenvalue weighted by molar-refractivity contribution is 7.89. The van der Waals surface area contributed by atoms with E-state index in [9.17, 15) is 8.42 Å². The first-order valence-electron chi connectivity index (χ1n) is 6.18. The average molecular weight is 268 g/mol. The maximum absolute atomic E-state index is 12.6. The molecule has 0 saturated carbocycles. The smallest absolute Gasteiger partial charge is 0.243 e. The SMILES string of the molecule is Cc1ccc(C)c(S(=O)(=O)N2CCC(N)C2C)c1. The van der Waals surface area contributed by atoms with Gasteiger partial charge in [0.05, 0.1) is 4.90 Å². The van der Waals surface area contributed by atoms with Crippen molar-refractivity contribution in [1.82, 2.24) is 4.31 Å². The molecule has 100 valence electrons. The van der Waals surface area contributed by atoms with Crippen molar-refractivity contribution in [2.24, 2.45) is 5.73 Å². The Labute approximate surface area is 109 Å². The number of hydrogen-bond donors (Lipinski definition) is 1. The van der Waals surface area contributed by atoms with E-state index in [2.05, 4.69) is 0 Å². The molecule has 0 aromatic heterocycles. The molecule has 0 radical (unpaired) electrons. The van der Waals surface area contributed by atoms with Crippen LogP contribution >= 0.6 is 0 Å². The van der Waals surface area contributed by atoms with Gasteiger partial charge in [-0.25, -0.2) is 8.42 Å². The molecule has 2 atom stereocenters. The Balaban J connectivity index is 2.46. The van der Waals surface area contributed by atoms with Crippen LogP contribution < -0.4 is 5.73 Å². The fourth-order valence-corrected chi connectivity index (χ4v) is 4.39. The average Bonchev–Trinajstić information content (AvgIpc) is 2.63. The molecule has 0 aliphatic carbocycles. The molecule has 1 aliphatic rings. The van der Waals surface area contributed by atoms with Crippen LogP contribution in [0.1, 0.15) is 24.5 Å². The molecule has 1 aliphatic heterocycles. The van der Waals surface area contributed by atoms with Gasteiger partial charge in [0.25, 0.3) is 0 Å². The zero-order valence-corrected chi connectivity index (χ0v) is 11.9. The van der Waals surface area contributed by atoms with E-state index in [0.29, 0.717) is 11.4 Å². The fraction of sp³-hybridized carbons (Fsp3) is 0.538. The molecule has 4 nitrogen and oxygen atoms in total. The lowest BCUT2D eigenvalue weighted by Crippen LogP contribution is -2.40. The molecule has 2 N–H and O–H groups in total. The van der Waals surface area contributed by atoms with Gasteiger partial charge in [-0.1, -0.05) is 12.1 Å². The van der Waals surface area contributed by atoms with Gasteiger partial charge in [-0.05, 0) is 44.4 Å². The number of sulfonamides is 1. The van der Waals surface area contributed by atoms with Gasteiger partial charge in [0.2, 0.25) is 10.0 Å². The Hall–Kier alpha value is -0.910. The van der Waals surface area contributed by atoms with Gasteiger partial charge < -0.3 is 5.73 Å². The van der Waals surface area contributed by atoms with Crippen molar-refractivity contribution in [1.29, 1.82) is 0 Å². The zero-order chi connectivity index (χ0) is 13.5. The lowest BCUT2D eigenvalue weighted by Gasteiger charge is -2.23. The van der Waals surface area contributed by atoms with E-state index in [1.54, 1.807) is 6.07 Å². The summed E-state index contributed by atoms with van der Waals surface area (Å²) in [6.45, 7) is 6.11. The zero-order valence-electron chi connectivity index (χ0n) is 11.1. The monoisotopic (exact) mass is 268 g/mol. The molecule has 1 aromatic carbocycles. The largest absolute Gasteiger partial charge is 0.326 e. The van der Waals surface area contributed by atoms with Gasteiger partial charge in [0, 0.05) is 18.6 Å². The van der Waals surface area contributed by atoms with Crippen LogP contribution in [0.4, 0.5) is 0 Å². The summed E-state index contributed by atoms with van der Waals surface area (Å²) in [5.41, 5.74) is 7.64. The third kappa shape index (κ3) is 2.18. The molecule has 2 rings (SSSR count). The van der Waals surface area contributed by atoms with Crippen molar-refractivity contribution < 1.29 is 8.42 Å². The molecule has 2 unspecified atom stereocenters. The highest BCUT2D eigenvalue weighted by Crippen LogP contribution is 2.27. The maximum Gasteiger partial charge on any atom is 0.243 e. The molecule has 1 saturated heterocycles. The third-order valence-electron chi connectivity index (χ3n) is 3.69. The third-order valence-corrected chi connectivity index (χ3v) is 5.82. The standard InChI is InChI=1S/C13H20N2O2S/c1-9-4-5-10(2)13(8-9)18(16,17)15-7-6-12(14)11(15)3/h4-5,8,11-12H,6-7,14H2,1-3H3. The lowest BCUT2D eigenvalue weighted by atomic mass is 10.2. The van der Waals surface area contributed by atoms with Crippen LogP contribution in [0.5, 0.6) is 0 Å². The topological polar surface area (TPSA) is 63.4 Å². The van der Waals surface area contributed by atoms with E-state index in [-0.39, 0.29) is 12.1 Å². The van der Waals surface area contributed by atoms with Crippen molar-refractivity contribution >= 4 is 10.0 Å². The van der Waals surface area contributed by atoms with E-state index >= 15 is 0 Å². The Morgan fingerprint density at radius 2 is 2.00 bits per heavy atom. The highest BCUT2D eigenvalue weighted by atomic mass is 32.2. The molecule has 0 spiro atoms. The molecule has 1 heterocycles. The van der Waals surface area contributed by atoms with Gasteiger partial charge in [0.15, 0.2) is 0 Å². The molecule has 1 fully saturated rings. The van der Waals surface area contributed by atoms with Crippen LogP contribution in [-0.4, -0.2) is 31.4 Å². The second-order valence-electron chi connectivity index (χ2n) is 5.08. The van der Waals surface area contributed by atoms with Gasteiger partial charge in [-0.3, -0.25) is 0 Å². The van der Waals surface area contributed by atoms with Crippen LogP contribution in [0, 0.1) is 13.8 Å². The normalized spacial score (nSPS) is 25.6. The number of hydrogen-bond acceptors (Lipinski definition) is 3. The summed E-state index contributed by atoms with van der Waals surface area (Å²) >= 11 is 0. The number of nitrogens with zero attached hydrogens (tertiary/aromatic N) is 1. The minimum Gasteiger partial charge on any atom is -0.326 e. The molecule has 18 heavy (non-hydrogen) atoms. The molecule has 0 bridgehead atoms. The summed E-state index contributed by atoms with van der Waals surface area (Å²) in [5, 5.41) is 0. The van der Waals surface area contributed by atoms with E-state index < -0.39 is 10.0 Å². The van der Waals surface area contributed by atoms with Gasteiger partial charge in [-0.15, -0.1) is 0 Å². The molecule has 1 aromatic rings. The summed E-state index contributed by atoms with van der Waals surface area (Å²) in [6.07, 6.45) is 0.727. The summed E-state index contributed by atoms with van der Waals surface area (Å²) in [6, 6.07) is 5.32. The van der Waals surface area contributed by atoms with E-state index in [1.807, 2.05) is 32.9 Å². The summed E-state index contributed by atoms with van der Waals surface area (Å²) in [5.74, 6) is 0. The van der Waals surface area contributed by atoms with Crippen LogP contribution in [0.25, 0.3) is 0 Å². The van der Waals surface area contributed by atoms with Gasteiger partial charge >= 0.3 is 0 Å². The van der Waals surface area contributed by atoms with Crippen molar-refractivity contribution in [3.63, 3.8) is 0 Å². The second-order valence-corrected chi connectivity index (χ2v) is 6.94. The van der Waals surface area contributed by atoms with Gasteiger partial charge in [-0.2, -0.15) is 4.31 Å². The summed E-state index contributed by atoms with van der Waals surface area (Å²) in [7, 11) is -3.42. The predicted octanol–water partition coefficient (Wildman–Crippen LogP) is 1.41. The van der Waals surface area contributed by atoms with Gasteiger partial charge in [0.1, 0.15) is 0 Å². The fourth-order valence-electron chi connectivity index (χ4n) is 2.39. The first-order chi connectivity index (χ1) is 8.34. The van der Waals surface area contributed by atoms with Crippen molar-refractivity contribution in [2.45, 2.75) is 44.2 Å². The summed E-state index contributed by atoms with van der Waals surface area (Å²) < 4.78 is 26.8.